The van der Waals surface area contributed by atoms with Gasteiger partial charge in [0.2, 0.25) is 0 Å². The summed E-state index contributed by atoms with van der Waals surface area (Å²) < 4.78 is 0. The van der Waals surface area contributed by atoms with E-state index in [0.717, 1.165) is 40.4 Å². The summed E-state index contributed by atoms with van der Waals surface area (Å²) in [5.41, 5.74) is 2.21. The molecule has 1 fully saturated rings. The highest BCUT2D eigenvalue weighted by molar-refractivity contribution is 7.99. The van der Waals surface area contributed by atoms with Gasteiger partial charge < -0.3 is 10.3 Å². The third kappa shape index (κ3) is 3.18. The summed E-state index contributed by atoms with van der Waals surface area (Å²) in [7, 11) is 0. The van der Waals surface area contributed by atoms with E-state index in [9.17, 15) is 0 Å². The maximum Gasteiger partial charge on any atom is 0.166 e. The van der Waals surface area contributed by atoms with Crippen LogP contribution in [-0.4, -0.2) is 28.3 Å². The molecule has 2 aromatic rings. The quantitative estimate of drug-likeness (QED) is 0.794. The molecule has 108 valence electrons. The van der Waals surface area contributed by atoms with E-state index in [1.807, 2.05) is 17.8 Å². The van der Waals surface area contributed by atoms with Crippen molar-refractivity contribution in [2.75, 3.05) is 12.3 Å². The molecule has 1 aliphatic rings. The van der Waals surface area contributed by atoms with Gasteiger partial charge in [-0.05, 0) is 43.9 Å². The van der Waals surface area contributed by atoms with E-state index in [0.29, 0.717) is 0 Å². The van der Waals surface area contributed by atoms with Crippen LogP contribution in [0.5, 0.6) is 0 Å². The molecule has 0 amide bonds. The zero-order valence-corrected chi connectivity index (χ0v) is 12.9. The van der Waals surface area contributed by atoms with Crippen LogP contribution < -0.4 is 5.32 Å². The second-order valence-corrected chi connectivity index (χ2v) is 6.64. The Morgan fingerprint density at radius 1 is 1.35 bits per heavy atom. The van der Waals surface area contributed by atoms with Crippen LogP contribution in [0.25, 0.3) is 11.0 Å². The first-order valence-corrected chi connectivity index (χ1v) is 8.66. The van der Waals surface area contributed by atoms with Crippen molar-refractivity contribution in [3.63, 3.8) is 0 Å². The SMILES string of the molecule is CCNC1CCCC1CCSc1nc2ccccc2[nH]1. The predicted molar refractivity (Wildman–Crippen MR) is 86.2 cm³/mol. The van der Waals surface area contributed by atoms with Gasteiger partial charge in [0.05, 0.1) is 11.0 Å². The van der Waals surface area contributed by atoms with Crippen molar-refractivity contribution in [3.05, 3.63) is 24.3 Å². The Balaban J connectivity index is 1.52. The summed E-state index contributed by atoms with van der Waals surface area (Å²) in [6, 6.07) is 8.99. The molecule has 0 radical (unpaired) electrons. The molecule has 4 heteroatoms. The lowest BCUT2D eigenvalue weighted by Crippen LogP contribution is -2.32. The molecule has 20 heavy (non-hydrogen) atoms. The fourth-order valence-corrected chi connectivity index (χ4v) is 4.18. The normalized spacial score (nSPS) is 22.6. The third-order valence-electron chi connectivity index (χ3n) is 4.22. The van der Waals surface area contributed by atoms with E-state index in [1.165, 1.54) is 25.7 Å². The molecule has 3 nitrogen and oxygen atoms in total. The molecule has 1 aromatic carbocycles. The van der Waals surface area contributed by atoms with E-state index in [4.69, 9.17) is 0 Å². The van der Waals surface area contributed by atoms with Crippen molar-refractivity contribution in [1.82, 2.24) is 15.3 Å². The minimum absolute atomic E-state index is 0.747. The van der Waals surface area contributed by atoms with Gasteiger partial charge in [-0.25, -0.2) is 4.98 Å². The zero-order valence-electron chi connectivity index (χ0n) is 12.1. The van der Waals surface area contributed by atoms with E-state index >= 15 is 0 Å². The Morgan fingerprint density at radius 2 is 2.25 bits per heavy atom. The molecular weight excluding hydrogens is 266 g/mol. The smallest absolute Gasteiger partial charge is 0.166 e. The Morgan fingerprint density at radius 3 is 3.10 bits per heavy atom. The van der Waals surface area contributed by atoms with Gasteiger partial charge in [0.25, 0.3) is 0 Å². The first kappa shape index (κ1) is 14.0. The Bertz CT molecular complexity index is 518. The number of fused-ring (bicyclic) bond motifs is 1. The van der Waals surface area contributed by atoms with E-state index in [-0.39, 0.29) is 0 Å². The molecule has 0 aliphatic heterocycles. The van der Waals surface area contributed by atoms with Crippen LogP contribution in [0.4, 0.5) is 0 Å². The van der Waals surface area contributed by atoms with Crippen LogP contribution in [0.3, 0.4) is 0 Å². The molecule has 0 saturated heterocycles. The van der Waals surface area contributed by atoms with Gasteiger partial charge in [-0.2, -0.15) is 0 Å². The van der Waals surface area contributed by atoms with E-state index in [1.54, 1.807) is 0 Å². The first-order valence-electron chi connectivity index (χ1n) is 7.67. The molecule has 3 rings (SSSR count). The summed E-state index contributed by atoms with van der Waals surface area (Å²) in [5, 5.41) is 4.69. The number of nitrogens with one attached hydrogen (secondary N) is 2. The standard InChI is InChI=1S/C16H23N3S/c1-2-17-13-9-5-6-12(13)10-11-20-16-18-14-7-3-4-8-15(14)19-16/h3-4,7-8,12-13,17H,2,5-6,9-11H2,1H3,(H,18,19). The lowest BCUT2D eigenvalue weighted by atomic mass is 10.0. The number of hydrogen-bond acceptors (Lipinski definition) is 3. The molecule has 1 heterocycles. The minimum Gasteiger partial charge on any atom is -0.333 e. The highest BCUT2D eigenvalue weighted by Gasteiger charge is 2.25. The number of benzene rings is 1. The van der Waals surface area contributed by atoms with Gasteiger partial charge in [-0.1, -0.05) is 37.2 Å². The monoisotopic (exact) mass is 289 g/mol. The molecule has 1 saturated carbocycles. The average molecular weight is 289 g/mol. The van der Waals surface area contributed by atoms with Gasteiger partial charge in [0.15, 0.2) is 5.16 Å². The molecule has 1 aliphatic carbocycles. The van der Waals surface area contributed by atoms with Crippen LogP contribution in [0, 0.1) is 5.92 Å². The Kier molecular flexibility index (Phi) is 4.63. The molecule has 2 atom stereocenters. The summed E-state index contributed by atoms with van der Waals surface area (Å²) >= 11 is 1.86. The minimum atomic E-state index is 0.747. The first-order chi connectivity index (χ1) is 9.86. The number of rotatable bonds is 6. The van der Waals surface area contributed by atoms with Crippen molar-refractivity contribution in [1.29, 1.82) is 0 Å². The van der Waals surface area contributed by atoms with Gasteiger partial charge >= 0.3 is 0 Å². The predicted octanol–water partition coefficient (Wildman–Crippen LogP) is 3.82. The van der Waals surface area contributed by atoms with Crippen molar-refractivity contribution < 1.29 is 0 Å². The van der Waals surface area contributed by atoms with Gasteiger partial charge in [-0.15, -0.1) is 0 Å². The Hall–Kier alpha value is -1.00. The maximum atomic E-state index is 4.62. The summed E-state index contributed by atoms with van der Waals surface area (Å²) in [6.07, 6.45) is 5.42. The zero-order chi connectivity index (χ0) is 13.8. The van der Waals surface area contributed by atoms with Gasteiger partial charge in [0.1, 0.15) is 0 Å². The highest BCUT2D eigenvalue weighted by atomic mass is 32.2. The summed E-state index contributed by atoms with van der Waals surface area (Å²) in [6.45, 7) is 3.30. The highest BCUT2D eigenvalue weighted by Crippen LogP contribution is 2.30. The molecule has 2 N–H and O–H groups in total. The lowest BCUT2D eigenvalue weighted by molar-refractivity contribution is 0.400. The second-order valence-electron chi connectivity index (χ2n) is 5.55. The number of thioether (sulfide) groups is 1. The van der Waals surface area contributed by atoms with Crippen molar-refractivity contribution in [2.24, 2.45) is 5.92 Å². The van der Waals surface area contributed by atoms with Crippen LogP contribution >= 0.6 is 11.8 Å². The Labute approximate surface area is 124 Å². The molecule has 0 bridgehead atoms. The van der Waals surface area contributed by atoms with Crippen LogP contribution in [0.2, 0.25) is 0 Å². The number of para-hydroxylation sites is 2. The topological polar surface area (TPSA) is 40.7 Å². The maximum absolute atomic E-state index is 4.62. The lowest BCUT2D eigenvalue weighted by Gasteiger charge is -2.19. The van der Waals surface area contributed by atoms with Crippen molar-refractivity contribution in [2.45, 2.75) is 43.8 Å². The molecule has 1 aromatic heterocycles. The number of aromatic nitrogens is 2. The fraction of sp³-hybridized carbons (Fsp3) is 0.562. The summed E-state index contributed by atoms with van der Waals surface area (Å²) in [5.74, 6) is 2.01. The number of H-pyrrole nitrogens is 1. The second kappa shape index (κ2) is 6.64. The molecule has 2 unspecified atom stereocenters. The summed E-state index contributed by atoms with van der Waals surface area (Å²) in [4.78, 5) is 8.02. The largest absolute Gasteiger partial charge is 0.333 e. The van der Waals surface area contributed by atoms with Crippen LogP contribution in [0.1, 0.15) is 32.6 Å². The van der Waals surface area contributed by atoms with Crippen molar-refractivity contribution >= 4 is 22.8 Å². The van der Waals surface area contributed by atoms with Crippen molar-refractivity contribution in [3.8, 4) is 0 Å². The van der Waals surface area contributed by atoms with Gasteiger partial charge in [-0.3, -0.25) is 0 Å². The number of aromatic amines is 1. The van der Waals surface area contributed by atoms with E-state index in [2.05, 4.69) is 40.4 Å². The van der Waals surface area contributed by atoms with Gasteiger partial charge in [0, 0.05) is 11.8 Å². The molecule has 0 spiro atoms. The number of nitrogens with zero attached hydrogens (tertiary/aromatic N) is 1. The van der Waals surface area contributed by atoms with Crippen LogP contribution in [0.15, 0.2) is 29.4 Å². The molecular formula is C16H23N3S. The third-order valence-corrected chi connectivity index (χ3v) is 5.13. The van der Waals surface area contributed by atoms with E-state index < -0.39 is 0 Å². The number of imidazole rings is 1. The average Bonchev–Trinajstić information content (AvgIpc) is 3.06. The van der Waals surface area contributed by atoms with Crippen LogP contribution in [-0.2, 0) is 0 Å². The fourth-order valence-electron chi connectivity index (χ4n) is 3.22. The number of hydrogen-bond donors (Lipinski definition) is 2.